The van der Waals surface area contributed by atoms with E-state index in [0.29, 0.717) is 33.7 Å². The molecule has 0 unspecified atom stereocenters. The molecule has 0 spiro atoms. The van der Waals surface area contributed by atoms with Gasteiger partial charge in [-0.25, -0.2) is 0 Å². The molecule has 6 nitrogen and oxygen atoms in total. The van der Waals surface area contributed by atoms with Crippen LogP contribution in [0.2, 0.25) is 5.02 Å². The summed E-state index contributed by atoms with van der Waals surface area (Å²) in [6, 6.07) is 9.72. The first-order chi connectivity index (χ1) is 13.0. The number of alkyl halides is 2. The molecule has 0 bridgehead atoms. The second kappa shape index (κ2) is 11.7. The molecule has 0 aliphatic carbocycles. The predicted octanol–water partition coefficient (Wildman–Crippen LogP) is 4.76. The molecule has 10 heteroatoms. The van der Waals surface area contributed by atoms with Gasteiger partial charge in [0.15, 0.2) is 17.5 Å². The summed E-state index contributed by atoms with van der Waals surface area (Å²) in [5.41, 5.74) is 1.17. The van der Waals surface area contributed by atoms with Crippen molar-refractivity contribution in [3.05, 3.63) is 47.0 Å². The van der Waals surface area contributed by atoms with E-state index < -0.39 is 6.61 Å². The van der Waals surface area contributed by atoms with Crippen LogP contribution in [0.15, 0.2) is 41.4 Å². The molecule has 154 valence electrons. The van der Waals surface area contributed by atoms with Gasteiger partial charge in [0.2, 0.25) is 0 Å². The fourth-order valence-corrected chi connectivity index (χ4v) is 2.50. The van der Waals surface area contributed by atoms with E-state index >= 15 is 0 Å². The highest BCUT2D eigenvalue weighted by Gasteiger charge is 2.11. The molecular weight excluding hydrogens is 507 g/mol. The van der Waals surface area contributed by atoms with Crippen molar-refractivity contribution in [1.29, 1.82) is 0 Å². The summed E-state index contributed by atoms with van der Waals surface area (Å²) in [6.45, 7) is -2.75. The number of ether oxygens (including phenoxy) is 3. The molecule has 0 atom stereocenters. The maximum Gasteiger partial charge on any atom is 0.387 e. The normalized spacial score (nSPS) is 10.9. The smallest absolute Gasteiger partial charge is 0.387 e. The van der Waals surface area contributed by atoms with E-state index in [-0.39, 0.29) is 36.3 Å². The molecule has 0 heterocycles. The van der Waals surface area contributed by atoms with Crippen LogP contribution < -0.4 is 24.8 Å². The molecule has 0 aliphatic rings. The summed E-state index contributed by atoms with van der Waals surface area (Å²) in [5, 5.41) is 6.52. The molecule has 0 fully saturated rings. The fourth-order valence-electron chi connectivity index (χ4n) is 2.31. The number of aliphatic imine (C=N–C) groups is 1. The van der Waals surface area contributed by atoms with Crippen LogP contribution in [-0.2, 0) is 6.54 Å². The van der Waals surface area contributed by atoms with Crippen LogP contribution in [0.3, 0.4) is 0 Å². The molecule has 28 heavy (non-hydrogen) atoms. The molecule has 0 aliphatic heterocycles. The van der Waals surface area contributed by atoms with Crippen LogP contribution >= 0.6 is 35.6 Å². The molecule has 0 radical (unpaired) electrons. The largest absolute Gasteiger partial charge is 0.493 e. The summed E-state index contributed by atoms with van der Waals surface area (Å²) >= 11 is 5.95. The van der Waals surface area contributed by atoms with Gasteiger partial charge < -0.3 is 24.8 Å². The SMILES string of the molecule is CN=C(NCc1cc(Cl)ccc1OC(F)F)Nc1ccc(OC)c(OC)c1.I. The van der Waals surface area contributed by atoms with E-state index in [1.165, 1.54) is 12.1 Å². The minimum Gasteiger partial charge on any atom is -0.493 e. The monoisotopic (exact) mass is 527 g/mol. The Hall–Kier alpha value is -2.01. The van der Waals surface area contributed by atoms with E-state index in [1.807, 2.05) is 0 Å². The summed E-state index contributed by atoms with van der Waals surface area (Å²) in [7, 11) is 4.68. The number of methoxy groups -OCH3 is 2. The average molecular weight is 528 g/mol. The van der Waals surface area contributed by atoms with E-state index in [1.54, 1.807) is 45.5 Å². The third-order valence-electron chi connectivity index (χ3n) is 3.55. The zero-order chi connectivity index (χ0) is 19.8. The van der Waals surface area contributed by atoms with E-state index in [2.05, 4.69) is 20.4 Å². The number of nitrogens with one attached hydrogen (secondary N) is 2. The topological polar surface area (TPSA) is 64.1 Å². The maximum absolute atomic E-state index is 12.6. The van der Waals surface area contributed by atoms with Gasteiger partial charge in [-0.05, 0) is 30.3 Å². The van der Waals surface area contributed by atoms with Gasteiger partial charge >= 0.3 is 6.61 Å². The number of halogens is 4. The zero-order valence-electron chi connectivity index (χ0n) is 15.5. The minimum absolute atomic E-state index is 0. The molecule has 0 saturated heterocycles. The highest BCUT2D eigenvalue weighted by Crippen LogP contribution is 2.29. The quantitative estimate of drug-likeness (QED) is 0.309. The first-order valence-electron chi connectivity index (χ1n) is 7.89. The molecule has 2 N–H and O–H groups in total. The van der Waals surface area contributed by atoms with Crippen molar-refractivity contribution in [3.63, 3.8) is 0 Å². The van der Waals surface area contributed by atoms with Crippen molar-refractivity contribution < 1.29 is 23.0 Å². The second-order valence-corrected chi connectivity index (χ2v) is 5.69. The van der Waals surface area contributed by atoms with Crippen molar-refractivity contribution in [2.24, 2.45) is 4.99 Å². The summed E-state index contributed by atoms with van der Waals surface area (Å²) in [5.74, 6) is 1.62. The van der Waals surface area contributed by atoms with Crippen molar-refractivity contribution in [3.8, 4) is 17.2 Å². The Morgan fingerprint density at radius 1 is 1.07 bits per heavy atom. The lowest BCUT2D eigenvalue weighted by Gasteiger charge is -2.16. The van der Waals surface area contributed by atoms with Crippen molar-refractivity contribution in [1.82, 2.24) is 5.32 Å². The Kier molecular flexibility index (Phi) is 10.1. The lowest BCUT2D eigenvalue weighted by molar-refractivity contribution is -0.0504. The van der Waals surface area contributed by atoms with Gasteiger partial charge in [-0.15, -0.1) is 24.0 Å². The zero-order valence-corrected chi connectivity index (χ0v) is 18.5. The lowest BCUT2D eigenvalue weighted by Crippen LogP contribution is -2.30. The van der Waals surface area contributed by atoms with E-state index in [0.717, 1.165) is 0 Å². The van der Waals surface area contributed by atoms with E-state index in [4.69, 9.17) is 21.1 Å². The molecular formula is C18H21ClF2IN3O3. The highest BCUT2D eigenvalue weighted by molar-refractivity contribution is 14.0. The third kappa shape index (κ3) is 6.86. The predicted molar refractivity (Wildman–Crippen MR) is 117 cm³/mol. The molecule has 0 aromatic heterocycles. The van der Waals surface area contributed by atoms with Gasteiger partial charge in [0, 0.05) is 35.9 Å². The standard InChI is InChI=1S/C18H20ClF2N3O3.HI/c1-22-18(24-13-5-7-15(25-2)16(9-13)26-3)23-10-11-8-12(19)4-6-14(11)27-17(20)21;/h4-9,17H,10H2,1-3H3,(H2,22,23,24);1H. The highest BCUT2D eigenvalue weighted by atomic mass is 127. The number of hydrogen-bond acceptors (Lipinski definition) is 4. The van der Waals surface area contributed by atoms with Crippen LogP contribution in [0.1, 0.15) is 5.56 Å². The maximum atomic E-state index is 12.6. The Balaban J connectivity index is 0.00000392. The number of benzene rings is 2. The number of hydrogen-bond donors (Lipinski definition) is 2. The van der Waals surface area contributed by atoms with Crippen molar-refractivity contribution in [2.75, 3.05) is 26.6 Å². The number of guanidine groups is 1. The lowest BCUT2D eigenvalue weighted by atomic mass is 10.2. The molecule has 0 amide bonds. The average Bonchev–Trinajstić information content (AvgIpc) is 2.66. The van der Waals surface area contributed by atoms with Crippen LogP contribution in [0, 0.1) is 0 Å². The molecule has 0 saturated carbocycles. The van der Waals surface area contributed by atoms with Gasteiger partial charge in [-0.3, -0.25) is 4.99 Å². The Morgan fingerprint density at radius 2 is 1.75 bits per heavy atom. The molecule has 2 rings (SSSR count). The first-order valence-corrected chi connectivity index (χ1v) is 8.27. The first kappa shape index (κ1) is 24.0. The molecule has 2 aromatic carbocycles. The third-order valence-corrected chi connectivity index (χ3v) is 3.79. The van der Waals surface area contributed by atoms with Gasteiger partial charge in [-0.2, -0.15) is 8.78 Å². The van der Waals surface area contributed by atoms with E-state index in [9.17, 15) is 8.78 Å². The number of nitrogens with zero attached hydrogens (tertiary/aromatic N) is 1. The Labute approximate surface area is 184 Å². The van der Waals surface area contributed by atoms with Crippen LogP contribution in [0.4, 0.5) is 14.5 Å². The van der Waals surface area contributed by atoms with Crippen LogP contribution in [-0.4, -0.2) is 33.8 Å². The van der Waals surface area contributed by atoms with Gasteiger partial charge in [-0.1, -0.05) is 11.6 Å². The van der Waals surface area contributed by atoms with Crippen molar-refractivity contribution in [2.45, 2.75) is 13.2 Å². The Morgan fingerprint density at radius 3 is 2.36 bits per heavy atom. The van der Waals surface area contributed by atoms with Gasteiger partial charge in [0.1, 0.15) is 5.75 Å². The van der Waals surface area contributed by atoms with Crippen molar-refractivity contribution >= 4 is 47.2 Å². The summed E-state index contributed by atoms with van der Waals surface area (Å²) < 4.78 is 40.1. The second-order valence-electron chi connectivity index (χ2n) is 5.25. The number of anilines is 1. The van der Waals surface area contributed by atoms with Crippen LogP contribution in [0.25, 0.3) is 0 Å². The fraction of sp³-hybridized carbons (Fsp3) is 0.278. The Bertz CT molecular complexity index is 810. The van der Waals surface area contributed by atoms with Gasteiger partial charge in [0.05, 0.1) is 14.2 Å². The van der Waals surface area contributed by atoms with Crippen LogP contribution in [0.5, 0.6) is 17.2 Å². The summed E-state index contributed by atoms with van der Waals surface area (Å²) in [6.07, 6.45) is 0. The summed E-state index contributed by atoms with van der Waals surface area (Å²) in [4.78, 5) is 4.11. The number of rotatable bonds is 7. The molecule has 2 aromatic rings. The van der Waals surface area contributed by atoms with Gasteiger partial charge in [0.25, 0.3) is 0 Å². The minimum atomic E-state index is -2.92.